The zero-order valence-electron chi connectivity index (χ0n) is 11.9. The Morgan fingerprint density at radius 1 is 1.35 bits per heavy atom. The van der Waals surface area contributed by atoms with E-state index in [0.717, 1.165) is 10.6 Å². The summed E-state index contributed by atoms with van der Waals surface area (Å²) < 4.78 is 13.6. The predicted octanol–water partition coefficient (Wildman–Crippen LogP) is 3.47. The highest BCUT2D eigenvalue weighted by Crippen LogP contribution is 2.27. The maximum atomic E-state index is 13.6. The number of thiazole rings is 1. The van der Waals surface area contributed by atoms with Crippen LogP contribution in [-0.2, 0) is 0 Å². The van der Waals surface area contributed by atoms with E-state index in [2.05, 4.69) is 10.3 Å². The number of hydrogen-bond acceptors (Lipinski definition) is 5. The minimum absolute atomic E-state index is 0.0640. The Kier molecular flexibility index (Phi) is 4.80. The third-order valence-corrected chi connectivity index (χ3v) is 4.95. The van der Waals surface area contributed by atoms with Crippen molar-refractivity contribution in [2.45, 2.75) is 6.10 Å². The second-order valence-electron chi connectivity index (χ2n) is 4.79. The van der Waals surface area contributed by atoms with Gasteiger partial charge in [-0.05, 0) is 17.5 Å². The molecule has 0 radical (unpaired) electrons. The number of carbonyl (C=O) groups is 1. The third kappa shape index (κ3) is 3.64. The molecule has 2 aromatic heterocycles. The van der Waals surface area contributed by atoms with Gasteiger partial charge in [-0.25, -0.2) is 9.37 Å². The average Bonchev–Trinajstić information content (AvgIpc) is 3.23. The van der Waals surface area contributed by atoms with E-state index < -0.39 is 11.9 Å². The van der Waals surface area contributed by atoms with Crippen molar-refractivity contribution in [2.24, 2.45) is 0 Å². The number of carbonyl (C=O) groups excluding carboxylic acids is 1. The Hall–Kier alpha value is -2.09. The number of rotatable bonds is 5. The predicted molar refractivity (Wildman–Crippen MR) is 89.1 cm³/mol. The summed E-state index contributed by atoms with van der Waals surface area (Å²) in [5.74, 6) is -0.828. The number of aromatic nitrogens is 1. The van der Waals surface area contributed by atoms with Crippen LogP contribution in [0.4, 0.5) is 4.39 Å². The van der Waals surface area contributed by atoms with Crippen molar-refractivity contribution < 1.29 is 14.3 Å². The number of benzene rings is 1. The SMILES string of the molecule is O=C(NCC(O)c1ccccc1F)c1cnc(-c2ccsc2)s1. The molecular weight excluding hydrogens is 335 g/mol. The van der Waals surface area contributed by atoms with E-state index in [-0.39, 0.29) is 18.0 Å². The molecule has 0 saturated carbocycles. The van der Waals surface area contributed by atoms with Crippen molar-refractivity contribution >= 4 is 28.6 Å². The first-order valence-corrected chi connectivity index (χ1v) is 8.60. The number of nitrogens with zero attached hydrogens (tertiary/aromatic N) is 1. The molecular formula is C16H13FN2O2S2. The van der Waals surface area contributed by atoms with Gasteiger partial charge >= 0.3 is 0 Å². The van der Waals surface area contributed by atoms with Gasteiger partial charge in [0.25, 0.3) is 5.91 Å². The van der Waals surface area contributed by atoms with Crippen LogP contribution in [0.1, 0.15) is 21.3 Å². The van der Waals surface area contributed by atoms with Crippen molar-refractivity contribution in [3.05, 3.63) is 63.5 Å². The van der Waals surface area contributed by atoms with Crippen LogP contribution in [0.15, 0.2) is 47.3 Å². The zero-order valence-corrected chi connectivity index (χ0v) is 13.5. The van der Waals surface area contributed by atoms with E-state index in [0.29, 0.717) is 4.88 Å². The van der Waals surface area contributed by atoms with E-state index in [1.54, 1.807) is 23.5 Å². The summed E-state index contributed by atoms with van der Waals surface area (Å²) in [6, 6.07) is 7.89. The first kappa shape index (κ1) is 15.8. The van der Waals surface area contributed by atoms with E-state index in [4.69, 9.17) is 0 Å². The normalized spacial score (nSPS) is 12.1. The number of halogens is 1. The summed E-state index contributed by atoms with van der Waals surface area (Å²) >= 11 is 2.84. The van der Waals surface area contributed by atoms with Gasteiger partial charge in [-0.2, -0.15) is 11.3 Å². The number of nitrogens with one attached hydrogen (secondary N) is 1. The van der Waals surface area contributed by atoms with Crippen molar-refractivity contribution in [1.29, 1.82) is 0 Å². The molecule has 1 amide bonds. The maximum absolute atomic E-state index is 13.6. The Labute approximate surface area is 140 Å². The van der Waals surface area contributed by atoms with Gasteiger partial charge in [0.15, 0.2) is 0 Å². The first-order chi connectivity index (χ1) is 11.1. The molecule has 1 atom stereocenters. The molecule has 0 aliphatic heterocycles. The van der Waals surface area contributed by atoms with E-state index in [9.17, 15) is 14.3 Å². The van der Waals surface area contributed by atoms with Crippen LogP contribution in [0.3, 0.4) is 0 Å². The number of amides is 1. The molecule has 2 heterocycles. The summed E-state index contributed by atoms with van der Waals surface area (Å²) in [6.07, 6.45) is 0.409. The van der Waals surface area contributed by atoms with Gasteiger partial charge in [0.05, 0.1) is 12.3 Å². The monoisotopic (exact) mass is 348 g/mol. The van der Waals surface area contributed by atoms with Crippen LogP contribution in [0.5, 0.6) is 0 Å². The van der Waals surface area contributed by atoms with Crippen LogP contribution in [-0.4, -0.2) is 22.5 Å². The lowest BCUT2D eigenvalue weighted by Crippen LogP contribution is -2.28. The van der Waals surface area contributed by atoms with Crippen molar-refractivity contribution in [2.75, 3.05) is 6.54 Å². The second kappa shape index (κ2) is 6.99. The lowest BCUT2D eigenvalue weighted by Gasteiger charge is -2.12. The lowest BCUT2D eigenvalue weighted by molar-refractivity contribution is 0.0918. The highest BCUT2D eigenvalue weighted by atomic mass is 32.1. The molecule has 118 valence electrons. The summed E-state index contributed by atoms with van der Waals surface area (Å²) in [7, 11) is 0. The van der Waals surface area contributed by atoms with Crippen molar-refractivity contribution in [3.8, 4) is 10.6 Å². The van der Waals surface area contributed by atoms with Gasteiger partial charge in [-0.3, -0.25) is 4.79 Å². The van der Waals surface area contributed by atoms with Crippen LogP contribution in [0, 0.1) is 5.82 Å². The van der Waals surface area contributed by atoms with Crippen molar-refractivity contribution in [1.82, 2.24) is 10.3 Å². The fourth-order valence-corrected chi connectivity index (χ4v) is 3.57. The minimum Gasteiger partial charge on any atom is -0.386 e. The molecule has 4 nitrogen and oxygen atoms in total. The summed E-state index contributed by atoms with van der Waals surface area (Å²) in [5.41, 5.74) is 1.14. The Bertz CT molecular complexity index is 802. The molecule has 0 aliphatic carbocycles. The smallest absolute Gasteiger partial charge is 0.263 e. The molecule has 3 aromatic rings. The largest absolute Gasteiger partial charge is 0.386 e. The average molecular weight is 348 g/mol. The summed E-state index contributed by atoms with van der Waals surface area (Å²) in [5, 5.41) is 17.3. The molecule has 0 bridgehead atoms. The quantitative estimate of drug-likeness (QED) is 0.742. The highest BCUT2D eigenvalue weighted by molar-refractivity contribution is 7.17. The van der Waals surface area contributed by atoms with Crippen LogP contribution in [0.25, 0.3) is 10.6 Å². The number of aliphatic hydroxyl groups excluding tert-OH is 1. The molecule has 23 heavy (non-hydrogen) atoms. The van der Waals surface area contributed by atoms with Gasteiger partial charge in [0, 0.05) is 23.1 Å². The van der Waals surface area contributed by atoms with Gasteiger partial charge in [0.2, 0.25) is 0 Å². The van der Waals surface area contributed by atoms with Gasteiger partial charge in [-0.15, -0.1) is 11.3 Å². The number of aliphatic hydroxyl groups is 1. The fraction of sp³-hybridized carbons (Fsp3) is 0.125. The Balaban J connectivity index is 1.63. The number of thiophene rings is 1. The standard InChI is InChI=1S/C16H13FN2O2S2/c17-12-4-2-1-3-11(12)13(20)7-18-15(21)14-8-19-16(23-14)10-5-6-22-9-10/h1-6,8-9,13,20H,7H2,(H,18,21). The summed E-state index contributed by atoms with van der Waals surface area (Å²) in [4.78, 5) is 16.8. The maximum Gasteiger partial charge on any atom is 0.263 e. The van der Waals surface area contributed by atoms with Crippen LogP contribution >= 0.6 is 22.7 Å². The second-order valence-corrected chi connectivity index (χ2v) is 6.60. The number of hydrogen-bond donors (Lipinski definition) is 2. The topological polar surface area (TPSA) is 62.2 Å². The van der Waals surface area contributed by atoms with E-state index in [1.807, 2.05) is 16.8 Å². The van der Waals surface area contributed by atoms with Gasteiger partial charge in [-0.1, -0.05) is 18.2 Å². The lowest BCUT2D eigenvalue weighted by atomic mass is 10.1. The Morgan fingerprint density at radius 3 is 2.91 bits per heavy atom. The Morgan fingerprint density at radius 2 is 2.17 bits per heavy atom. The molecule has 2 N–H and O–H groups in total. The molecule has 1 unspecified atom stereocenters. The minimum atomic E-state index is -1.09. The molecule has 0 saturated heterocycles. The molecule has 0 spiro atoms. The van der Waals surface area contributed by atoms with E-state index in [1.165, 1.54) is 29.7 Å². The van der Waals surface area contributed by atoms with Crippen LogP contribution < -0.4 is 5.32 Å². The first-order valence-electron chi connectivity index (χ1n) is 6.84. The van der Waals surface area contributed by atoms with Gasteiger partial charge < -0.3 is 10.4 Å². The van der Waals surface area contributed by atoms with Crippen LogP contribution in [0.2, 0.25) is 0 Å². The molecule has 1 aromatic carbocycles. The highest BCUT2D eigenvalue weighted by Gasteiger charge is 2.16. The summed E-state index contributed by atoms with van der Waals surface area (Å²) in [6.45, 7) is -0.0640. The third-order valence-electron chi connectivity index (χ3n) is 3.22. The zero-order chi connectivity index (χ0) is 16.2. The van der Waals surface area contributed by atoms with E-state index >= 15 is 0 Å². The molecule has 0 aliphatic rings. The molecule has 3 rings (SSSR count). The molecule has 0 fully saturated rings. The van der Waals surface area contributed by atoms with Gasteiger partial charge in [0.1, 0.15) is 15.7 Å². The fourth-order valence-electron chi connectivity index (χ4n) is 2.03. The molecule has 7 heteroatoms. The van der Waals surface area contributed by atoms with Crippen molar-refractivity contribution in [3.63, 3.8) is 0 Å².